The Labute approximate surface area is 177 Å². The first kappa shape index (κ1) is 23.3. The van der Waals surface area contributed by atoms with Crippen LogP contribution in [0, 0.1) is 0 Å². The van der Waals surface area contributed by atoms with Crippen molar-refractivity contribution in [2.75, 3.05) is 46.9 Å². The van der Waals surface area contributed by atoms with Crippen molar-refractivity contribution in [1.29, 1.82) is 0 Å². The van der Waals surface area contributed by atoms with Crippen LogP contribution in [0.4, 0.5) is 0 Å². The summed E-state index contributed by atoms with van der Waals surface area (Å²) in [5.74, 6) is 0.524. The first-order chi connectivity index (χ1) is 14.3. The number of amides is 2. The smallest absolute Gasteiger partial charge is 0.246 e. The van der Waals surface area contributed by atoms with Crippen molar-refractivity contribution in [3.05, 3.63) is 35.9 Å². The number of nitrogens with one attached hydrogen (secondary N) is 1. The summed E-state index contributed by atoms with van der Waals surface area (Å²) >= 11 is 0. The predicted molar refractivity (Wildman–Crippen MR) is 116 cm³/mol. The number of carbonyl (C=O) groups excluding carboxylic acids is 2. The number of ether oxygens (including phenoxy) is 2. The molecule has 30 heavy (non-hydrogen) atoms. The molecule has 0 radical (unpaired) electrons. The summed E-state index contributed by atoms with van der Waals surface area (Å²) in [6, 6.07) is 3.49. The zero-order valence-electron chi connectivity index (χ0n) is 18.1. The lowest BCUT2D eigenvalue weighted by Crippen LogP contribution is -2.51. The van der Waals surface area contributed by atoms with Crippen LogP contribution in [-0.2, 0) is 9.59 Å². The van der Waals surface area contributed by atoms with Gasteiger partial charge in [-0.25, -0.2) is 0 Å². The zero-order valence-corrected chi connectivity index (χ0v) is 18.1. The Morgan fingerprint density at radius 1 is 1.10 bits per heavy atom. The normalized spacial score (nSPS) is 15.2. The van der Waals surface area contributed by atoms with E-state index in [1.54, 1.807) is 35.3 Å². The minimum absolute atomic E-state index is 0.0114. The summed E-state index contributed by atoms with van der Waals surface area (Å²) < 4.78 is 10.3. The molecule has 8 nitrogen and oxygen atoms in total. The van der Waals surface area contributed by atoms with E-state index < -0.39 is 0 Å². The summed E-state index contributed by atoms with van der Waals surface area (Å²) in [5, 5.41) is 12.8. The van der Waals surface area contributed by atoms with Crippen LogP contribution in [0.15, 0.2) is 30.4 Å². The van der Waals surface area contributed by atoms with Crippen LogP contribution in [0.5, 0.6) is 17.2 Å². The highest BCUT2D eigenvalue weighted by atomic mass is 16.5. The van der Waals surface area contributed by atoms with Gasteiger partial charge in [-0.1, -0.05) is 18.2 Å². The lowest BCUT2D eigenvalue weighted by atomic mass is 10.1. The maximum Gasteiger partial charge on any atom is 0.246 e. The number of phenols is 1. The molecular weight excluding hydrogens is 386 g/mol. The molecule has 0 saturated carbocycles. The average Bonchev–Trinajstić information content (AvgIpc) is 2.71. The van der Waals surface area contributed by atoms with Crippen LogP contribution < -0.4 is 14.8 Å². The first-order valence-corrected chi connectivity index (χ1v) is 9.94. The highest BCUT2D eigenvalue weighted by Crippen LogP contribution is 2.37. The second-order valence-corrected chi connectivity index (χ2v) is 7.32. The fraction of sp³-hybridized carbons (Fsp3) is 0.455. The number of methoxy groups -OCH3 is 2. The molecule has 0 bridgehead atoms. The van der Waals surface area contributed by atoms with Crippen molar-refractivity contribution < 1.29 is 24.2 Å². The molecule has 0 aliphatic carbocycles. The van der Waals surface area contributed by atoms with Crippen molar-refractivity contribution in [2.24, 2.45) is 0 Å². The van der Waals surface area contributed by atoms with Crippen molar-refractivity contribution >= 4 is 17.9 Å². The molecule has 2 rings (SSSR count). The van der Waals surface area contributed by atoms with Crippen LogP contribution >= 0.6 is 0 Å². The van der Waals surface area contributed by atoms with Gasteiger partial charge >= 0.3 is 0 Å². The summed E-state index contributed by atoms with van der Waals surface area (Å²) in [5.41, 5.74) is 0.770. The third-order valence-corrected chi connectivity index (χ3v) is 4.64. The molecule has 2 amide bonds. The largest absolute Gasteiger partial charge is 0.502 e. The van der Waals surface area contributed by atoms with E-state index in [-0.39, 0.29) is 23.6 Å². The number of allylic oxidation sites excluding steroid dienone is 2. The van der Waals surface area contributed by atoms with Crippen molar-refractivity contribution in [1.82, 2.24) is 15.1 Å². The van der Waals surface area contributed by atoms with Crippen LogP contribution in [0.3, 0.4) is 0 Å². The third-order valence-electron chi connectivity index (χ3n) is 4.64. The molecule has 2 N–H and O–H groups in total. The Bertz CT molecular complexity index is 771. The van der Waals surface area contributed by atoms with Crippen molar-refractivity contribution in [2.45, 2.75) is 19.9 Å². The molecular formula is C22H31N3O5. The van der Waals surface area contributed by atoms with E-state index in [0.717, 1.165) is 5.56 Å². The second-order valence-electron chi connectivity index (χ2n) is 7.32. The van der Waals surface area contributed by atoms with E-state index in [1.807, 2.05) is 13.8 Å². The molecule has 164 valence electrons. The fourth-order valence-electron chi connectivity index (χ4n) is 3.12. The van der Waals surface area contributed by atoms with Gasteiger partial charge in [-0.05, 0) is 31.5 Å². The molecule has 0 spiro atoms. The molecule has 1 aliphatic heterocycles. The standard InChI is InChI=1S/C22H31N3O5/c1-16(2)23-20(26)15-24-9-11-25(12-10-24)21(27)8-6-5-7-17-13-18(29-3)22(28)19(14-17)30-4/h5-8,13-14,16,28H,9-12,15H2,1-4H3,(H,23,26). The van der Waals surface area contributed by atoms with E-state index >= 15 is 0 Å². The number of piperazine rings is 1. The van der Waals surface area contributed by atoms with Gasteiger partial charge in [0, 0.05) is 38.3 Å². The molecule has 0 aromatic heterocycles. The Kier molecular flexibility index (Phi) is 8.73. The summed E-state index contributed by atoms with van der Waals surface area (Å²) in [7, 11) is 2.94. The molecule has 1 aromatic rings. The number of phenolic OH excluding ortho intramolecular Hbond substituents is 1. The van der Waals surface area contributed by atoms with E-state index in [1.165, 1.54) is 20.3 Å². The van der Waals surface area contributed by atoms with Crippen LogP contribution in [0.25, 0.3) is 6.08 Å². The molecule has 1 aromatic carbocycles. The van der Waals surface area contributed by atoms with Gasteiger partial charge in [0.2, 0.25) is 17.6 Å². The quantitative estimate of drug-likeness (QED) is 0.494. The van der Waals surface area contributed by atoms with Gasteiger partial charge in [-0.15, -0.1) is 0 Å². The van der Waals surface area contributed by atoms with Crippen LogP contribution in [-0.4, -0.2) is 79.7 Å². The highest BCUT2D eigenvalue weighted by Gasteiger charge is 2.21. The molecule has 1 fully saturated rings. The van der Waals surface area contributed by atoms with Gasteiger partial charge in [0.15, 0.2) is 11.5 Å². The summed E-state index contributed by atoms with van der Waals surface area (Å²) in [6.07, 6.45) is 6.73. The summed E-state index contributed by atoms with van der Waals surface area (Å²) in [4.78, 5) is 28.0. The molecule has 1 heterocycles. The average molecular weight is 418 g/mol. The van der Waals surface area contributed by atoms with Gasteiger partial charge in [-0.2, -0.15) is 0 Å². The molecule has 1 aliphatic rings. The number of hydrogen-bond donors (Lipinski definition) is 2. The molecule has 8 heteroatoms. The Morgan fingerprint density at radius 2 is 1.70 bits per heavy atom. The third kappa shape index (κ3) is 6.81. The first-order valence-electron chi connectivity index (χ1n) is 9.94. The number of rotatable bonds is 8. The van der Waals surface area contributed by atoms with Gasteiger partial charge in [0.05, 0.1) is 20.8 Å². The molecule has 0 unspecified atom stereocenters. The van der Waals surface area contributed by atoms with Crippen LogP contribution in [0.2, 0.25) is 0 Å². The SMILES string of the molecule is COc1cc(C=CC=CC(=O)N2CCN(CC(=O)NC(C)C)CC2)cc(OC)c1O. The van der Waals surface area contributed by atoms with E-state index in [4.69, 9.17) is 9.47 Å². The Hall–Kier alpha value is -3.00. The van der Waals surface area contributed by atoms with E-state index in [2.05, 4.69) is 10.2 Å². The number of benzene rings is 1. The zero-order chi connectivity index (χ0) is 22.1. The maximum absolute atomic E-state index is 12.4. The minimum Gasteiger partial charge on any atom is -0.502 e. The Morgan fingerprint density at radius 3 is 2.23 bits per heavy atom. The summed E-state index contributed by atoms with van der Waals surface area (Å²) in [6.45, 7) is 6.76. The van der Waals surface area contributed by atoms with Crippen molar-refractivity contribution in [3.63, 3.8) is 0 Å². The van der Waals surface area contributed by atoms with Gasteiger partial charge in [-0.3, -0.25) is 14.5 Å². The number of aromatic hydroxyl groups is 1. The lowest BCUT2D eigenvalue weighted by Gasteiger charge is -2.33. The molecule has 1 saturated heterocycles. The Balaban J connectivity index is 1.85. The highest BCUT2D eigenvalue weighted by molar-refractivity contribution is 5.88. The van der Waals surface area contributed by atoms with E-state index in [0.29, 0.717) is 44.2 Å². The number of nitrogens with zero attached hydrogens (tertiary/aromatic N) is 2. The maximum atomic E-state index is 12.4. The van der Waals surface area contributed by atoms with Gasteiger partial charge in [0.1, 0.15) is 0 Å². The molecule has 0 atom stereocenters. The minimum atomic E-state index is -0.0631. The van der Waals surface area contributed by atoms with Gasteiger partial charge < -0.3 is 24.8 Å². The van der Waals surface area contributed by atoms with Crippen LogP contribution in [0.1, 0.15) is 19.4 Å². The number of carbonyl (C=O) groups is 2. The fourth-order valence-corrected chi connectivity index (χ4v) is 3.12. The predicted octanol–water partition coefficient (Wildman–Crippen LogP) is 1.65. The topological polar surface area (TPSA) is 91.3 Å². The monoisotopic (exact) mass is 417 g/mol. The lowest BCUT2D eigenvalue weighted by molar-refractivity contribution is -0.128. The second kappa shape index (κ2) is 11.3. The van der Waals surface area contributed by atoms with E-state index in [9.17, 15) is 14.7 Å². The number of hydrogen-bond acceptors (Lipinski definition) is 6. The van der Waals surface area contributed by atoms with Gasteiger partial charge in [0.25, 0.3) is 0 Å². The van der Waals surface area contributed by atoms with Crippen molar-refractivity contribution in [3.8, 4) is 17.2 Å².